The number of nitrogens with zero attached hydrogens (tertiary/aromatic N) is 1. The molecule has 0 bridgehead atoms. The van der Waals surface area contributed by atoms with Crippen molar-refractivity contribution in [3.05, 3.63) is 46.2 Å². The molecule has 0 fully saturated rings. The smallest absolute Gasteiger partial charge is 0.119 e. The molecule has 114 valence electrons. The minimum absolute atomic E-state index is 0.293. The molecule has 1 unspecified atom stereocenters. The number of anilines is 1. The van der Waals surface area contributed by atoms with Crippen LogP contribution in [-0.4, -0.2) is 32.6 Å². The van der Waals surface area contributed by atoms with Crippen molar-refractivity contribution >= 4 is 17.0 Å². The molecule has 1 aromatic heterocycles. The predicted octanol–water partition coefficient (Wildman–Crippen LogP) is 2.73. The molecule has 21 heavy (non-hydrogen) atoms. The number of methoxy groups -OCH3 is 1. The molecule has 0 radical (unpaired) electrons. The number of likely N-dealkylation sites (N-methyl/N-ethyl adjacent to an activating group) is 1. The molecular formula is C16H23N3OS. The lowest BCUT2D eigenvalue weighted by molar-refractivity contribution is 0.287. The second-order valence-electron chi connectivity index (χ2n) is 5.19. The van der Waals surface area contributed by atoms with E-state index in [1.54, 1.807) is 18.4 Å². The molecule has 0 saturated heterocycles. The highest BCUT2D eigenvalue weighted by Gasteiger charge is 2.14. The number of ether oxygens (including phenoxy) is 1. The third-order valence-electron chi connectivity index (χ3n) is 3.51. The van der Waals surface area contributed by atoms with Gasteiger partial charge in [0.15, 0.2) is 0 Å². The lowest BCUT2D eigenvalue weighted by atomic mass is 10.1. The second-order valence-corrected chi connectivity index (χ2v) is 6.19. The van der Waals surface area contributed by atoms with Crippen molar-refractivity contribution in [2.45, 2.75) is 12.6 Å². The Hall–Kier alpha value is -1.56. The van der Waals surface area contributed by atoms with E-state index in [4.69, 9.17) is 10.5 Å². The highest BCUT2D eigenvalue weighted by atomic mass is 32.1. The van der Waals surface area contributed by atoms with Crippen molar-refractivity contribution in [1.82, 2.24) is 10.2 Å². The van der Waals surface area contributed by atoms with E-state index in [-0.39, 0.29) is 0 Å². The number of nitrogens with one attached hydrogen (secondary N) is 1. The second kappa shape index (κ2) is 7.45. The molecule has 0 saturated carbocycles. The number of nitrogens with two attached hydrogens (primary N) is 1. The third kappa shape index (κ3) is 4.20. The lowest BCUT2D eigenvalue weighted by Gasteiger charge is -2.25. The van der Waals surface area contributed by atoms with Gasteiger partial charge in [-0.2, -0.15) is 0 Å². The molecular weight excluding hydrogens is 282 g/mol. The first-order chi connectivity index (χ1) is 10.1. The van der Waals surface area contributed by atoms with E-state index in [0.29, 0.717) is 6.04 Å². The van der Waals surface area contributed by atoms with Gasteiger partial charge in [0.25, 0.3) is 0 Å². The molecule has 2 aromatic rings. The van der Waals surface area contributed by atoms with Gasteiger partial charge in [-0.25, -0.2) is 0 Å². The van der Waals surface area contributed by atoms with Gasteiger partial charge < -0.3 is 20.7 Å². The minimum Gasteiger partial charge on any atom is -0.497 e. The first-order valence-electron chi connectivity index (χ1n) is 6.94. The van der Waals surface area contributed by atoms with Crippen LogP contribution >= 0.6 is 11.3 Å². The fourth-order valence-electron chi connectivity index (χ4n) is 2.26. The molecule has 0 aliphatic carbocycles. The largest absolute Gasteiger partial charge is 0.497 e. The standard InChI is InChI=1S/C16H23N3OS/c1-19(2)15(12-5-4-6-13(9-12)20-3)10-18-11-16-14(17)7-8-21-16/h4-9,15,18H,10-11,17H2,1-3H3. The van der Waals surface area contributed by atoms with Gasteiger partial charge in [-0.1, -0.05) is 12.1 Å². The highest BCUT2D eigenvalue weighted by Crippen LogP contribution is 2.23. The van der Waals surface area contributed by atoms with E-state index in [2.05, 4.69) is 36.4 Å². The van der Waals surface area contributed by atoms with Gasteiger partial charge in [-0.05, 0) is 43.2 Å². The van der Waals surface area contributed by atoms with Gasteiger partial charge in [-0.3, -0.25) is 0 Å². The Morgan fingerprint density at radius 1 is 1.33 bits per heavy atom. The van der Waals surface area contributed by atoms with Crippen molar-refractivity contribution < 1.29 is 4.74 Å². The summed E-state index contributed by atoms with van der Waals surface area (Å²) in [6.45, 7) is 1.66. The zero-order valence-electron chi connectivity index (χ0n) is 12.8. The van der Waals surface area contributed by atoms with Crippen LogP contribution in [0, 0.1) is 0 Å². The fraction of sp³-hybridized carbons (Fsp3) is 0.375. The number of nitrogen functional groups attached to an aromatic ring is 1. The molecule has 2 rings (SSSR count). The molecule has 0 aliphatic heterocycles. The molecule has 4 nitrogen and oxygen atoms in total. The van der Waals surface area contributed by atoms with Crippen LogP contribution in [0.1, 0.15) is 16.5 Å². The van der Waals surface area contributed by atoms with Crippen LogP contribution in [0.2, 0.25) is 0 Å². The number of rotatable bonds is 7. The first-order valence-corrected chi connectivity index (χ1v) is 7.82. The summed E-state index contributed by atoms with van der Waals surface area (Å²) in [4.78, 5) is 3.40. The maximum atomic E-state index is 5.91. The van der Waals surface area contributed by atoms with E-state index in [9.17, 15) is 0 Å². The van der Waals surface area contributed by atoms with Crippen LogP contribution in [0.4, 0.5) is 5.69 Å². The molecule has 5 heteroatoms. The summed E-state index contributed by atoms with van der Waals surface area (Å²) in [5.41, 5.74) is 8.02. The molecule has 1 heterocycles. The summed E-state index contributed by atoms with van der Waals surface area (Å²) >= 11 is 1.69. The maximum Gasteiger partial charge on any atom is 0.119 e. The van der Waals surface area contributed by atoms with E-state index < -0.39 is 0 Å². The average molecular weight is 305 g/mol. The van der Waals surface area contributed by atoms with E-state index >= 15 is 0 Å². The minimum atomic E-state index is 0.293. The molecule has 1 atom stereocenters. The molecule has 0 aliphatic rings. The SMILES string of the molecule is COc1cccc(C(CNCc2sccc2N)N(C)C)c1. The Morgan fingerprint density at radius 2 is 2.14 bits per heavy atom. The fourth-order valence-corrected chi connectivity index (χ4v) is 3.03. The molecule has 3 N–H and O–H groups in total. The van der Waals surface area contributed by atoms with Gasteiger partial charge in [0, 0.05) is 29.7 Å². The van der Waals surface area contributed by atoms with Gasteiger partial charge in [0.1, 0.15) is 5.75 Å². The van der Waals surface area contributed by atoms with Crippen LogP contribution in [-0.2, 0) is 6.54 Å². The van der Waals surface area contributed by atoms with Crippen LogP contribution in [0.25, 0.3) is 0 Å². The van der Waals surface area contributed by atoms with Crippen LogP contribution in [0.15, 0.2) is 35.7 Å². The number of hydrogen-bond donors (Lipinski definition) is 2. The molecule has 0 spiro atoms. The quantitative estimate of drug-likeness (QED) is 0.826. The van der Waals surface area contributed by atoms with E-state index in [0.717, 1.165) is 24.5 Å². The van der Waals surface area contributed by atoms with Crippen molar-refractivity contribution in [3.8, 4) is 5.75 Å². The predicted molar refractivity (Wildman–Crippen MR) is 89.9 cm³/mol. The number of benzene rings is 1. The Morgan fingerprint density at radius 3 is 2.76 bits per heavy atom. The molecule has 1 aromatic carbocycles. The first kappa shape index (κ1) is 15.8. The Bertz CT molecular complexity index is 568. The van der Waals surface area contributed by atoms with Crippen molar-refractivity contribution in [3.63, 3.8) is 0 Å². The molecule has 0 amide bonds. The Labute approximate surface area is 130 Å². The highest BCUT2D eigenvalue weighted by molar-refractivity contribution is 7.10. The van der Waals surface area contributed by atoms with Crippen LogP contribution < -0.4 is 15.8 Å². The van der Waals surface area contributed by atoms with E-state index in [1.807, 2.05) is 23.6 Å². The summed E-state index contributed by atoms with van der Waals surface area (Å²) in [5, 5.41) is 5.52. The topological polar surface area (TPSA) is 50.5 Å². The zero-order valence-corrected chi connectivity index (χ0v) is 13.6. The zero-order chi connectivity index (χ0) is 15.2. The van der Waals surface area contributed by atoms with Gasteiger partial charge in [0.2, 0.25) is 0 Å². The Balaban J connectivity index is 2.00. The average Bonchev–Trinajstić information content (AvgIpc) is 2.88. The van der Waals surface area contributed by atoms with E-state index in [1.165, 1.54) is 10.4 Å². The maximum absolute atomic E-state index is 5.91. The summed E-state index contributed by atoms with van der Waals surface area (Å²) in [5.74, 6) is 0.891. The van der Waals surface area contributed by atoms with Crippen molar-refractivity contribution in [2.75, 3.05) is 33.5 Å². The lowest BCUT2D eigenvalue weighted by Crippen LogP contribution is -2.30. The Kier molecular flexibility index (Phi) is 5.61. The number of thiophene rings is 1. The summed E-state index contributed by atoms with van der Waals surface area (Å²) < 4.78 is 5.31. The van der Waals surface area contributed by atoms with Gasteiger partial charge >= 0.3 is 0 Å². The van der Waals surface area contributed by atoms with Crippen LogP contribution in [0.5, 0.6) is 5.75 Å². The van der Waals surface area contributed by atoms with Crippen LogP contribution in [0.3, 0.4) is 0 Å². The van der Waals surface area contributed by atoms with Crippen molar-refractivity contribution in [2.24, 2.45) is 0 Å². The normalized spacial score (nSPS) is 12.6. The van der Waals surface area contributed by atoms with Gasteiger partial charge in [0.05, 0.1) is 7.11 Å². The number of hydrogen-bond acceptors (Lipinski definition) is 5. The van der Waals surface area contributed by atoms with Crippen molar-refractivity contribution in [1.29, 1.82) is 0 Å². The third-order valence-corrected chi connectivity index (χ3v) is 4.44. The summed E-state index contributed by atoms with van der Waals surface area (Å²) in [6.07, 6.45) is 0. The summed E-state index contributed by atoms with van der Waals surface area (Å²) in [7, 11) is 5.87. The monoisotopic (exact) mass is 305 g/mol. The summed E-state index contributed by atoms with van der Waals surface area (Å²) in [6, 6.07) is 10.5. The van der Waals surface area contributed by atoms with Gasteiger partial charge in [-0.15, -0.1) is 11.3 Å².